The summed E-state index contributed by atoms with van der Waals surface area (Å²) in [6.07, 6.45) is -0.236. The lowest BCUT2D eigenvalue weighted by atomic mass is 10.4. The number of sulfone groups is 1. The summed E-state index contributed by atoms with van der Waals surface area (Å²) in [5, 5.41) is 0. The molecule has 0 aliphatic carbocycles. The third-order valence-corrected chi connectivity index (χ3v) is 5.24. The second-order valence-electron chi connectivity index (χ2n) is 3.45. The van der Waals surface area contributed by atoms with Crippen LogP contribution in [0.25, 0.3) is 0 Å². The van der Waals surface area contributed by atoms with Gasteiger partial charge in [0.25, 0.3) is 0 Å². The summed E-state index contributed by atoms with van der Waals surface area (Å²) in [6.45, 7) is 0. The average Bonchev–Trinajstić information content (AvgIpc) is 2.72. The molecule has 0 spiro atoms. The van der Waals surface area contributed by atoms with Crippen LogP contribution in [0.3, 0.4) is 0 Å². The van der Waals surface area contributed by atoms with Crippen LogP contribution in [0, 0.1) is 0 Å². The van der Waals surface area contributed by atoms with Gasteiger partial charge in [-0.2, -0.15) is 0 Å². The fourth-order valence-corrected chi connectivity index (χ4v) is 3.74. The van der Waals surface area contributed by atoms with Crippen LogP contribution in [0.4, 0.5) is 0 Å². The minimum Gasteiger partial charge on any atom is -0.469 e. The molecular weight excluding hydrogens is 344 g/mol. The summed E-state index contributed by atoms with van der Waals surface area (Å²) >= 11 is 4.37. The molecule has 0 bridgehead atoms. The van der Waals surface area contributed by atoms with Gasteiger partial charge in [-0.05, 0) is 28.1 Å². The zero-order valence-electron chi connectivity index (χ0n) is 9.51. The predicted molar refractivity (Wildman–Crippen MR) is 71.6 cm³/mol. The number of ketones is 1. The Morgan fingerprint density at radius 2 is 2.06 bits per heavy atom. The standard InChI is InChI=1S/C10H11BrO5S2/c1-16-10(13)4-5-18(14,15)6-7(12)8-2-3-9(11)17-8/h2-3H,4-6H2,1H3. The van der Waals surface area contributed by atoms with Crippen molar-refractivity contribution < 1.29 is 22.7 Å². The largest absolute Gasteiger partial charge is 0.469 e. The van der Waals surface area contributed by atoms with E-state index in [9.17, 15) is 18.0 Å². The lowest BCUT2D eigenvalue weighted by Crippen LogP contribution is -2.20. The molecule has 5 nitrogen and oxygen atoms in total. The molecule has 0 unspecified atom stereocenters. The van der Waals surface area contributed by atoms with Gasteiger partial charge in [0, 0.05) is 0 Å². The number of hydrogen-bond acceptors (Lipinski definition) is 6. The van der Waals surface area contributed by atoms with Crippen LogP contribution in [-0.4, -0.2) is 38.8 Å². The van der Waals surface area contributed by atoms with Crippen molar-refractivity contribution >= 4 is 48.9 Å². The maximum atomic E-state index is 11.7. The van der Waals surface area contributed by atoms with Gasteiger partial charge in [0.2, 0.25) is 0 Å². The molecule has 1 aromatic rings. The maximum Gasteiger partial charge on any atom is 0.306 e. The van der Waals surface area contributed by atoms with Gasteiger partial charge in [0.15, 0.2) is 15.6 Å². The Morgan fingerprint density at radius 1 is 1.39 bits per heavy atom. The number of carbonyl (C=O) groups excluding carboxylic acids is 2. The summed E-state index contributed by atoms with van der Waals surface area (Å²) in [5.41, 5.74) is 0. The van der Waals surface area contributed by atoms with Gasteiger partial charge in [-0.3, -0.25) is 9.59 Å². The van der Waals surface area contributed by atoms with Crippen molar-refractivity contribution in [1.29, 1.82) is 0 Å². The van der Waals surface area contributed by atoms with E-state index in [1.165, 1.54) is 18.4 Å². The number of esters is 1. The maximum absolute atomic E-state index is 11.7. The molecule has 8 heteroatoms. The Morgan fingerprint density at radius 3 is 2.56 bits per heavy atom. The summed E-state index contributed by atoms with van der Waals surface area (Å²) in [5.74, 6) is -2.03. The minimum atomic E-state index is -3.58. The Kier molecular flexibility index (Phi) is 5.48. The quantitative estimate of drug-likeness (QED) is 0.573. The molecule has 0 saturated heterocycles. The molecule has 0 aliphatic heterocycles. The molecule has 100 valence electrons. The van der Waals surface area contributed by atoms with Gasteiger partial charge in [0.1, 0.15) is 5.75 Å². The SMILES string of the molecule is COC(=O)CCS(=O)(=O)CC(=O)c1ccc(Br)s1. The fourth-order valence-electron chi connectivity index (χ4n) is 1.15. The van der Waals surface area contributed by atoms with Crippen LogP contribution >= 0.6 is 27.3 Å². The highest BCUT2D eigenvalue weighted by Gasteiger charge is 2.20. The lowest BCUT2D eigenvalue weighted by Gasteiger charge is -2.02. The van der Waals surface area contributed by atoms with E-state index in [1.807, 2.05) is 0 Å². The third kappa shape index (κ3) is 4.87. The summed E-state index contributed by atoms with van der Waals surface area (Å²) in [4.78, 5) is 22.9. The van der Waals surface area contributed by atoms with E-state index in [0.717, 1.165) is 3.79 Å². The highest BCUT2D eigenvalue weighted by molar-refractivity contribution is 9.11. The van der Waals surface area contributed by atoms with Crippen molar-refractivity contribution in [1.82, 2.24) is 0 Å². The Bertz CT molecular complexity index is 546. The first-order chi connectivity index (χ1) is 8.34. The molecule has 1 aromatic heterocycles. The van der Waals surface area contributed by atoms with Crippen LogP contribution in [0.2, 0.25) is 0 Å². The summed E-state index contributed by atoms with van der Waals surface area (Å²) in [6, 6.07) is 3.24. The van der Waals surface area contributed by atoms with Crippen LogP contribution < -0.4 is 0 Å². The van der Waals surface area contributed by atoms with Crippen molar-refractivity contribution in [3.05, 3.63) is 20.8 Å². The highest BCUT2D eigenvalue weighted by Crippen LogP contribution is 2.22. The van der Waals surface area contributed by atoms with E-state index in [4.69, 9.17) is 0 Å². The lowest BCUT2D eigenvalue weighted by molar-refractivity contribution is -0.140. The molecule has 0 N–H and O–H groups in total. The number of hydrogen-bond donors (Lipinski definition) is 0. The van der Waals surface area contributed by atoms with Gasteiger partial charge in [-0.15, -0.1) is 11.3 Å². The van der Waals surface area contributed by atoms with Crippen molar-refractivity contribution in [3.63, 3.8) is 0 Å². The zero-order valence-corrected chi connectivity index (χ0v) is 12.7. The minimum absolute atomic E-state index is 0.236. The van der Waals surface area contributed by atoms with Crippen molar-refractivity contribution in [3.8, 4) is 0 Å². The van der Waals surface area contributed by atoms with E-state index in [-0.39, 0.29) is 12.2 Å². The molecule has 0 atom stereocenters. The molecule has 1 rings (SSSR count). The summed E-state index contributed by atoms with van der Waals surface area (Å²) in [7, 11) is -2.40. The molecule has 0 radical (unpaired) electrons. The van der Waals surface area contributed by atoms with E-state index in [1.54, 1.807) is 12.1 Å². The van der Waals surface area contributed by atoms with Gasteiger partial charge < -0.3 is 4.74 Å². The van der Waals surface area contributed by atoms with E-state index in [2.05, 4.69) is 20.7 Å². The topological polar surface area (TPSA) is 77.5 Å². The van der Waals surface area contributed by atoms with Crippen LogP contribution in [-0.2, 0) is 19.4 Å². The first-order valence-corrected chi connectivity index (χ1v) is 8.33. The number of ether oxygens (including phenoxy) is 1. The Hall–Kier alpha value is -0.730. The predicted octanol–water partition coefficient (Wildman–Crippen LogP) is 1.67. The van der Waals surface area contributed by atoms with Gasteiger partial charge >= 0.3 is 5.97 Å². The smallest absolute Gasteiger partial charge is 0.306 e. The van der Waals surface area contributed by atoms with Crippen molar-refractivity contribution in [2.75, 3.05) is 18.6 Å². The molecule has 1 heterocycles. The Balaban J connectivity index is 2.60. The summed E-state index contributed by atoms with van der Waals surface area (Å²) < 4.78 is 28.3. The van der Waals surface area contributed by atoms with Gasteiger partial charge in [-0.1, -0.05) is 0 Å². The number of methoxy groups -OCH3 is 1. The first kappa shape index (κ1) is 15.3. The first-order valence-electron chi connectivity index (χ1n) is 4.90. The van der Waals surface area contributed by atoms with Gasteiger partial charge in [-0.25, -0.2) is 8.42 Å². The number of rotatable bonds is 6. The van der Waals surface area contributed by atoms with Gasteiger partial charge in [0.05, 0.1) is 27.9 Å². The third-order valence-electron chi connectivity index (χ3n) is 2.04. The second-order valence-corrected chi connectivity index (χ2v) is 8.09. The number of thiophene rings is 1. The van der Waals surface area contributed by atoms with E-state index in [0.29, 0.717) is 4.88 Å². The van der Waals surface area contributed by atoms with Crippen LogP contribution in [0.5, 0.6) is 0 Å². The van der Waals surface area contributed by atoms with Crippen molar-refractivity contribution in [2.24, 2.45) is 0 Å². The molecule has 0 amide bonds. The Labute approximate surface area is 117 Å². The molecule has 0 aliphatic rings. The second kappa shape index (κ2) is 6.44. The number of halogens is 1. The highest BCUT2D eigenvalue weighted by atomic mass is 79.9. The average molecular weight is 355 g/mol. The number of Topliss-reactive ketones (excluding diaryl/α,β-unsaturated/α-hetero) is 1. The normalized spacial score (nSPS) is 11.2. The van der Waals surface area contributed by atoms with E-state index < -0.39 is 27.3 Å². The van der Waals surface area contributed by atoms with Crippen LogP contribution in [0.15, 0.2) is 15.9 Å². The van der Waals surface area contributed by atoms with Crippen molar-refractivity contribution in [2.45, 2.75) is 6.42 Å². The molecule has 0 aromatic carbocycles. The monoisotopic (exact) mass is 354 g/mol. The van der Waals surface area contributed by atoms with E-state index >= 15 is 0 Å². The molecule has 0 saturated carbocycles. The fraction of sp³-hybridized carbons (Fsp3) is 0.400. The van der Waals surface area contributed by atoms with Crippen LogP contribution in [0.1, 0.15) is 16.1 Å². The molecule has 18 heavy (non-hydrogen) atoms. The zero-order chi connectivity index (χ0) is 13.8. The molecular formula is C10H11BrO5S2. The molecule has 0 fully saturated rings. The number of carbonyl (C=O) groups is 2.